The number of likely N-dealkylation sites (N-methyl/N-ethyl adjacent to an activating group) is 1. The number of fused-ring (bicyclic) bond motifs is 2. The van der Waals surface area contributed by atoms with E-state index in [0.717, 1.165) is 21.5 Å². The largest absolute Gasteiger partial charge is 0.452 e. The third kappa shape index (κ3) is 3.74. The zero-order valence-electron chi connectivity index (χ0n) is 16.5. The molecule has 0 radical (unpaired) electrons. The molecule has 0 saturated heterocycles. The van der Waals surface area contributed by atoms with E-state index >= 15 is 0 Å². The van der Waals surface area contributed by atoms with Crippen molar-refractivity contribution in [2.24, 2.45) is 0 Å². The van der Waals surface area contributed by atoms with Gasteiger partial charge in [-0.25, -0.2) is 9.18 Å². The SMILES string of the molecule is CCN(C(=O)COC(=O)c1c2ccccc2cc2ccccc12)c1ccc(F)cc1. The van der Waals surface area contributed by atoms with Crippen LogP contribution in [-0.2, 0) is 9.53 Å². The highest BCUT2D eigenvalue weighted by Gasteiger charge is 2.20. The first kappa shape index (κ1) is 19.6. The van der Waals surface area contributed by atoms with E-state index in [-0.39, 0.29) is 11.7 Å². The minimum Gasteiger partial charge on any atom is -0.452 e. The van der Waals surface area contributed by atoms with Crippen molar-refractivity contribution in [1.82, 2.24) is 0 Å². The molecule has 0 spiro atoms. The first-order valence-electron chi connectivity index (χ1n) is 9.72. The number of ether oxygens (including phenoxy) is 1. The van der Waals surface area contributed by atoms with Gasteiger partial charge in [0.05, 0.1) is 5.56 Å². The van der Waals surface area contributed by atoms with Crippen molar-refractivity contribution >= 4 is 39.1 Å². The summed E-state index contributed by atoms with van der Waals surface area (Å²) < 4.78 is 18.6. The maximum Gasteiger partial charge on any atom is 0.339 e. The van der Waals surface area contributed by atoms with Gasteiger partial charge < -0.3 is 9.64 Å². The minimum absolute atomic E-state index is 0.373. The van der Waals surface area contributed by atoms with Crippen LogP contribution in [0.4, 0.5) is 10.1 Å². The zero-order chi connectivity index (χ0) is 21.1. The second-order valence-corrected chi connectivity index (χ2v) is 6.88. The number of amides is 1. The van der Waals surface area contributed by atoms with Crippen molar-refractivity contribution in [3.63, 3.8) is 0 Å². The second-order valence-electron chi connectivity index (χ2n) is 6.88. The molecule has 0 aromatic heterocycles. The maximum absolute atomic E-state index is 13.2. The topological polar surface area (TPSA) is 46.6 Å². The average molecular weight is 401 g/mol. The number of hydrogen-bond acceptors (Lipinski definition) is 3. The number of esters is 1. The highest BCUT2D eigenvalue weighted by molar-refractivity contribution is 6.16. The van der Waals surface area contributed by atoms with Gasteiger partial charge in [-0.1, -0.05) is 48.5 Å². The van der Waals surface area contributed by atoms with Gasteiger partial charge in [0, 0.05) is 12.2 Å². The van der Waals surface area contributed by atoms with Crippen molar-refractivity contribution < 1.29 is 18.7 Å². The van der Waals surface area contributed by atoms with Crippen LogP contribution in [0.3, 0.4) is 0 Å². The van der Waals surface area contributed by atoms with E-state index in [1.165, 1.54) is 29.2 Å². The summed E-state index contributed by atoms with van der Waals surface area (Å²) in [5.74, 6) is -1.30. The number of nitrogens with zero attached hydrogens (tertiary/aromatic N) is 1. The van der Waals surface area contributed by atoms with E-state index in [1.54, 1.807) is 6.92 Å². The number of benzene rings is 4. The van der Waals surface area contributed by atoms with Crippen LogP contribution in [0.1, 0.15) is 17.3 Å². The van der Waals surface area contributed by atoms with Gasteiger partial charge in [-0.2, -0.15) is 0 Å². The lowest BCUT2D eigenvalue weighted by atomic mass is 9.97. The fraction of sp³-hybridized carbons (Fsp3) is 0.120. The lowest BCUT2D eigenvalue weighted by Gasteiger charge is -2.21. The van der Waals surface area contributed by atoms with Gasteiger partial charge in [0.15, 0.2) is 6.61 Å². The molecule has 0 unspecified atom stereocenters. The first-order valence-corrected chi connectivity index (χ1v) is 9.72. The summed E-state index contributed by atoms with van der Waals surface area (Å²) in [7, 11) is 0. The van der Waals surface area contributed by atoms with Crippen LogP contribution in [-0.4, -0.2) is 25.0 Å². The number of hydrogen-bond donors (Lipinski definition) is 0. The van der Waals surface area contributed by atoms with Crippen molar-refractivity contribution in [2.75, 3.05) is 18.1 Å². The Kier molecular flexibility index (Phi) is 5.44. The number of carbonyl (C=O) groups is 2. The van der Waals surface area contributed by atoms with Gasteiger partial charge in [-0.3, -0.25) is 4.79 Å². The first-order chi connectivity index (χ1) is 14.6. The van der Waals surface area contributed by atoms with Crippen LogP contribution < -0.4 is 4.90 Å². The predicted molar refractivity (Wildman–Crippen MR) is 116 cm³/mol. The smallest absolute Gasteiger partial charge is 0.339 e. The summed E-state index contributed by atoms with van der Waals surface area (Å²) >= 11 is 0. The van der Waals surface area contributed by atoms with Crippen LogP contribution >= 0.6 is 0 Å². The molecule has 1 amide bonds. The van der Waals surface area contributed by atoms with Crippen molar-refractivity contribution in [3.8, 4) is 0 Å². The summed E-state index contributed by atoms with van der Waals surface area (Å²) in [6.07, 6.45) is 0. The number of rotatable bonds is 5. The van der Waals surface area contributed by atoms with E-state index in [9.17, 15) is 14.0 Å². The molecule has 4 aromatic carbocycles. The quantitative estimate of drug-likeness (QED) is 0.335. The summed E-state index contributed by atoms with van der Waals surface area (Å²) in [6.45, 7) is 1.78. The van der Waals surface area contributed by atoms with E-state index < -0.39 is 12.6 Å². The normalized spacial score (nSPS) is 10.9. The summed E-state index contributed by atoms with van der Waals surface area (Å²) in [4.78, 5) is 27.2. The van der Waals surface area contributed by atoms with E-state index in [0.29, 0.717) is 17.8 Å². The zero-order valence-corrected chi connectivity index (χ0v) is 16.5. The highest BCUT2D eigenvalue weighted by atomic mass is 19.1. The van der Waals surface area contributed by atoms with E-state index in [2.05, 4.69) is 0 Å². The van der Waals surface area contributed by atoms with Gasteiger partial charge in [-0.05, 0) is 58.8 Å². The monoisotopic (exact) mass is 401 g/mol. The van der Waals surface area contributed by atoms with Crippen molar-refractivity contribution in [2.45, 2.75) is 6.92 Å². The number of carbonyl (C=O) groups excluding carboxylic acids is 2. The van der Waals surface area contributed by atoms with Crippen LogP contribution in [0.2, 0.25) is 0 Å². The molecule has 4 nitrogen and oxygen atoms in total. The predicted octanol–water partition coefficient (Wildman–Crippen LogP) is 5.34. The van der Waals surface area contributed by atoms with Crippen LogP contribution in [0.5, 0.6) is 0 Å². The van der Waals surface area contributed by atoms with Crippen molar-refractivity contribution in [1.29, 1.82) is 0 Å². The molecular formula is C25H20FNO3. The number of anilines is 1. The molecule has 4 rings (SSSR count). The molecule has 150 valence electrons. The highest BCUT2D eigenvalue weighted by Crippen LogP contribution is 2.29. The molecule has 0 N–H and O–H groups in total. The molecule has 30 heavy (non-hydrogen) atoms. The number of halogens is 1. The summed E-state index contributed by atoms with van der Waals surface area (Å²) in [5.41, 5.74) is 0.997. The van der Waals surface area contributed by atoms with Gasteiger partial charge in [-0.15, -0.1) is 0 Å². The van der Waals surface area contributed by atoms with Crippen molar-refractivity contribution in [3.05, 3.63) is 90.2 Å². The minimum atomic E-state index is -0.550. The Morgan fingerprint density at radius 3 is 2.00 bits per heavy atom. The van der Waals surface area contributed by atoms with E-state index in [4.69, 9.17) is 4.74 Å². The molecule has 0 atom stereocenters. The molecule has 0 aliphatic heterocycles. The molecule has 0 aliphatic carbocycles. The molecule has 0 saturated carbocycles. The maximum atomic E-state index is 13.2. The van der Waals surface area contributed by atoms with Gasteiger partial charge in [0.25, 0.3) is 5.91 Å². The molecule has 0 bridgehead atoms. The van der Waals surface area contributed by atoms with Crippen LogP contribution in [0, 0.1) is 5.82 Å². The molecule has 0 fully saturated rings. The Bertz CT molecular complexity index is 1180. The van der Waals surface area contributed by atoms with Gasteiger partial charge in [0.1, 0.15) is 5.82 Å². The molecular weight excluding hydrogens is 381 g/mol. The Morgan fingerprint density at radius 2 is 1.43 bits per heavy atom. The average Bonchev–Trinajstić information content (AvgIpc) is 2.77. The van der Waals surface area contributed by atoms with E-state index in [1.807, 2.05) is 54.6 Å². The standard InChI is InChI=1S/C25H20FNO3/c1-2-27(20-13-11-19(26)12-14-20)23(28)16-30-25(29)24-21-9-5-3-7-17(21)15-18-8-4-6-10-22(18)24/h3-15H,2,16H2,1H3. The lowest BCUT2D eigenvalue weighted by molar-refractivity contribution is -0.121. The lowest BCUT2D eigenvalue weighted by Crippen LogP contribution is -2.34. The fourth-order valence-corrected chi connectivity index (χ4v) is 3.63. The third-order valence-electron chi connectivity index (χ3n) is 5.06. The summed E-state index contributed by atoms with van der Waals surface area (Å²) in [6, 6.07) is 22.8. The Labute approximate surface area is 173 Å². The van der Waals surface area contributed by atoms with Crippen LogP contribution in [0.15, 0.2) is 78.9 Å². The Hall–Kier alpha value is -3.73. The molecule has 5 heteroatoms. The van der Waals surface area contributed by atoms with Crippen LogP contribution in [0.25, 0.3) is 21.5 Å². The molecule has 0 heterocycles. The third-order valence-corrected chi connectivity index (χ3v) is 5.06. The van der Waals surface area contributed by atoms with Gasteiger partial charge >= 0.3 is 5.97 Å². The van der Waals surface area contributed by atoms with Gasteiger partial charge in [0.2, 0.25) is 0 Å². The second kappa shape index (κ2) is 8.33. The Morgan fingerprint density at radius 1 is 0.867 bits per heavy atom. The molecule has 4 aromatic rings. The fourth-order valence-electron chi connectivity index (χ4n) is 3.63. The molecule has 0 aliphatic rings. The summed E-state index contributed by atoms with van der Waals surface area (Å²) in [5, 5.41) is 3.41. The Balaban J connectivity index is 1.61.